The monoisotopic (exact) mass is 332 g/mol. The Labute approximate surface area is 141 Å². The van der Waals surface area contributed by atoms with E-state index in [1.54, 1.807) is 13.0 Å². The van der Waals surface area contributed by atoms with Gasteiger partial charge in [0.2, 0.25) is 5.91 Å². The molecule has 1 amide bonds. The Morgan fingerprint density at radius 2 is 2.21 bits per heavy atom. The minimum Gasteiger partial charge on any atom is -0.360 e. The second-order valence-electron chi connectivity index (χ2n) is 6.38. The van der Waals surface area contributed by atoms with Gasteiger partial charge < -0.3 is 9.84 Å². The zero-order valence-corrected chi connectivity index (χ0v) is 14.4. The zero-order chi connectivity index (χ0) is 17.1. The Bertz CT molecular complexity index is 707. The van der Waals surface area contributed by atoms with Crippen molar-refractivity contribution >= 4 is 11.7 Å². The summed E-state index contributed by atoms with van der Waals surface area (Å²) in [6.07, 6.45) is 3.36. The van der Waals surface area contributed by atoms with E-state index in [2.05, 4.69) is 25.5 Å². The van der Waals surface area contributed by atoms with Crippen LogP contribution in [0.1, 0.15) is 36.7 Å². The summed E-state index contributed by atoms with van der Waals surface area (Å²) in [5.74, 6) is 2.78. The number of aromatic nitrogens is 4. The van der Waals surface area contributed by atoms with E-state index in [1.165, 1.54) is 6.42 Å². The molecule has 0 aromatic carbocycles. The molecular formula is C16H24N6O2. The van der Waals surface area contributed by atoms with E-state index in [4.69, 9.17) is 4.52 Å². The third-order valence-electron chi connectivity index (χ3n) is 4.34. The molecule has 8 nitrogen and oxygen atoms in total. The van der Waals surface area contributed by atoms with Gasteiger partial charge in [0, 0.05) is 12.1 Å². The van der Waals surface area contributed by atoms with Gasteiger partial charge in [-0.3, -0.25) is 9.69 Å². The van der Waals surface area contributed by atoms with Gasteiger partial charge in [0.05, 0.1) is 13.1 Å². The number of nitrogens with zero attached hydrogens (tertiary/aromatic N) is 5. The number of rotatable bonds is 5. The minimum atomic E-state index is -0.0679. The van der Waals surface area contributed by atoms with Crippen molar-refractivity contribution in [3.05, 3.63) is 23.5 Å². The topological polar surface area (TPSA) is 89.1 Å². The molecule has 0 radical (unpaired) electrons. The molecule has 1 aliphatic heterocycles. The number of likely N-dealkylation sites (tertiary alicyclic amines) is 1. The molecule has 8 heteroatoms. The van der Waals surface area contributed by atoms with Crippen molar-refractivity contribution in [2.75, 3.05) is 18.4 Å². The highest BCUT2D eigenvalue weighted by molar-refractivity contribution is 5.91. The highest BCUT2D eigenvalue weighted by Gasteiger charge is 2.25. The predicted octanol–water partition coefficient (Wildman–Crippen LogP) is 1.68. The Morgan fingerprint density at radius 3 is 2.88 bits per heavy atom. The number of piperidine rings is 1. The number of nitrogens with one attached hydrogen (secondary N) is 1. The quantitative estimate of drug-likeness (QED) is 0.896. The molecule has 1 saturated heterocycles. The van der Waals surface area contributed by atoms with Crippen LogP contribution in [0.2, 0.25) is 0 Å². The number of amides is 1. The number of hydrogen-bond acceptors (Lipinski definition) is 6. The maximum Gasteiger partial charge on any atom is 0.239 e. The standard InChI is InChI=1S/C16H24N6O2/c1-11-8-15(20-24-11)18-16(23)10-21-7-5-4-6-14(21)9-22-13(3)17-12(2)19-22/h8,14H,4-7,9-10H2,1-3H3,(H,18,20,23)/t14-/m1/s1. The van der Waals surface area contributed by atoms with Crippen LogP contribution in [0.15, 0.2) is 10.6 Å². The largest absolute Gasteiger partial charge is 0.360 e. The van der Waals surface area contributed by atoms with Gasteiger partial charge >= 0.3 is 0 Å². The first-order valence-corrected chi connectivity index (χ1v) is 8.36. The molecule has 3 rings (SSSR count). The summed E-state index contributed by atoms with van der Waals surface area (Å²) in [4.78, 5) is 18.9. The van der Waals surface area contributed by atoms with E-state index in [0.717, 1.165) is 37.6 Å². The van der Waals surface area contributed by atoms with E-state index < -0.39 is 0 Å². The van der Waals surface area contributed by atoms with Gasteiger partial charge in [0.1, 0.15) is 17.4 Å². The zero-order valence-electron chi connectivity index (χ0n) is 14.4. The highest BCUT2D eigenvalue weighted by Crippen LogP contribution is 2.19. The van der Waals surface area contributed by atoms with Gasteiger partial charge in [0.25, 0.3) is 0 Å². The van der Waals surface area contributed by atoms with Crippen LogP contribution in [0.5, 0.6) is 0 Å². The van der Waals surface area contributed by atoms with Gasteiger partial charge in [-0.1, -0.05) is 11.6 Å². The van der Waals surface area contributed by atoms with Crippen LogP contribution in [0.4, 0.5) is 5.82 Å². The van der Waals surface area contributed by atoms with E-state index in [-0.39, 0.29) is 5.91 Å². The fraction of sp³-hybridized carbons (Fsp3) is 0.625. The molecular weight excluding hydrogens is 308 g/mol. The van der Waals surface area contributed by atoms with Crippen molar-refractivity contribution in [1.29, 1.82) is 0 Å². The van der Waals surface area contributed by atoms with Gasteiger partial charge in [0.15, 0.2) is 5.82 Å². The van der Waals surface area contributed by atoms with E-state index in [0.29, 0.717) is 24.2 Å². The predicted molar refractivity (Wildman–Crippen MR) is 88.6 cm³/mol. The second kappa shape index (κ2) is 7.12. The number of aryl methyl sites for hydroxylation is 3. The lowest BCUT2D eigenvalue weighted by Gasteiger charge is -2.35. The molecule has 1 N–H and O–H groups in total. The Morgan fingerprint density at radius 1 is 1.38 bits per heavy atom. The molecule has 2 aromatic rings. The van der Waals surface area contributed by atoms with Crippen LogP contribution in [0, 0.1) is 20.8 Å². The number of carbonyl (C=O) groups excluding carboxylic acids is 1. The van der Waals surface area contributed by atoms with Crippen LogP contribution < -0.4 is 5.32 Å². The SMILES string of the molecule is Cc1nc(C)n(C[C@H]2CCCCN2CC(=O)Nc2cc(C)on2)n1. The third kappa shape index (κ3) is 4.00. The summed E-state index contributed by atoms with van der Waals surface area (Å²) in [7, 11) is 0. The van der Waals surface area contributed by atoms with Crippen LogP contribution in [-0.4, -0.2) is 49.9 Å². The molecule has 1 fully saturated rings. The Hall–Kier alpha value is -2.22. The van der Waals surface area contributed by atoms with Crippen LogP contribution >= 0.6 is 0 Å². The average molecular weight is 332 g/mol. The first kappa shape index (κ1) is 16.6. The maximum absolute atomic E-state index is 12.3. The first-order valence-electron chi connectivity index (χ1n) is 8.36. The average Bonchev–Trinajstić information content (AvgIpc) is 3.06. The van der Waals surface area contributed by atoms with Gasteiger partial charge in [-0.25, -0.2) is 9.67 Å². The molecule has 3 heterocycles. The van der Waals surface area contributed by atoms with E-state index in [1.807, 2.05) is 18.5 Å². The summed E-state index contributed by atoms with van der Waals surface area (Å²) < 4.78 is 6.92. The Kier molecular flexibility index (Phi) is 4.94. The highest BCUT2D eigenvalue weighted by atomic mass is 16.5. The molecule has 0 saturated carbocycles. The Balaban J connectivity index is 1.61. The summed E-state index contributed by atoms with van der Waals surface area (Å²) in [6.45, 7) is 7.70. The molecule has 0 aliphatic carbocycles. The van der Waals surface area contributed by atoms with Crippen molar-refractivity contribution in [1.82, 2.24) is 24.8 Å². The van der Waals surface area contributed by atoms with Gasteiger partial charge in [-0.2, -0.15) is 5.10 Å². The lowest BCUT2D eigenvalue weighted by Crippen LogP contribution is -2.46. The second-order valence-corrected chi connectivity index (χ2v) is 6.38. The number of carbonyl (C=O) groups is 1. The molecule has 24 heavy (non-hydrogen) atoms. The van der Waals surface area contributed by atoms with Crippen molar-refractivity contribution in [3.63, 3.8) is 0 Å². The lowest BCUT2D eigenvalue weighted by molar-refractivity contribution is -0.118. The van der Waals surface area contributed by atoms with Crippen LogP contribution in [-0.2, 0) is 11.3 Å². The van der Waals surface area contributed by atoms with Crippen molar-refractivity contribution < 1.29 is 9.32 Å². The van der Waals surface area contributed by atoms with Gasteiger partial charge in [-0.05, 0) is 40.2 Å². The first-order chi connectivity index (χ1) is 11.5. The molecule has 0 unspecified atom stereocenters. The molecule has 2 aromatic heterocycles. The fourth-order valence-corrected chi connectivity index (χ4v) is 3.20. The summed E-state index contributed by atoms with van der Waals surface area (Å²) in [6, 6.07) is 2.01. The van der Waals surface area contributed by atoms with E-state index >= 15 is 0 Å². The van der Waals surface area contributed by atoms with E-state index in [9.17, 15) is 4.79 Å². The summed E-state index contributed by atoms with van der Waals surface area (Å²) in [5.41, 5.74) is 0. The summed E-state index contributed by atoms with van der Waals surface area (Å²) in [5, 5.41) is 11.0. The summed E-state index contributed by atoms with van der Waals surface area (Å²) >= 11 is 0. The van der Waals surface area contributed by atoms with Gasteiger partial charge in [-0.15, -0.1) is 0 Å². The van der Waals surface area contributed by atoms with Crippen molar-refractivity contribution in [3.8, 4) is 0 Å². The normalized spacial score (nSPS) is 18.7. The minimum absolute atomic E-state index is 0.0679. The maximum atomic E-state index is 12.3. The lowest BCUT2D eigenvalue weighted by atomic mass is 10.0. The van der Waals surface area contributed by atoms with Crippen molar-refractivity contribution in [2.24, 2.45) is 0 Å². The third-order valence-corrected chi connectivity index (χ3v) is 4.34. The molecule has 1 atom stereocenters. The molecule has 130 valence electrons. The molecule has 1 aliphatic rings. The number of anilines is 1. The smallest absolute Gasteiger partial charge is 0.239 e. The number of hydrogen-bond donors (Lipinski definition) is 1. The molecule has 0 bridgehead atoms. The van der Waals surface area contributed by atoms with Crippen LogP contribution in [0.25, 0.3) is 0 Å². The fourth-order valence-electron chi connectivity index (χ4n) is 3.20. The van der Waals surface area contributed by atoms with Crippen molar-refractivity contribution in [2.45, 2.75) is 52.6 Å². The molecule has 0 spiro atoms. The van der Waals surface area contributed by atoms with Crippen LogP contribution in [0.3, 0.4) is 0 Å².